The second kappa shape index (κ2) is 4.21. The van der Waals surface area contributed by atoms with Gasteiger partial charge in [-0.2, -0.15) is 0 Å². The van der Waals surface area contributed by atoms with Crippen molar-refractivity contribution >= 4 is 5.95 Å². The van der Waals surface area contributed by atoms with E-state index in [1.54, 1.807) is 0 Å². The molecular weight excluding hydrogens is 162 g/mol. The molecule has 72 valence electrons. The van der Waals surface area contributed by atoms with Gasteiger partial charge in [-0.3, -0.25) is 0 Å². The molecule has 0 bridgehead atoms. The molecule has 0 radical (unpaired) electrons. The first-order valence-corrected chi connectivity index (χ1v) is 4.71. The molecule has 0 aromatic carbocycles. The van der Waals surface area contributed by atoms with Crippen molar-refractivity contribution in [2.24, 2.45) is 0 Å². The molecule has 0 N–H and O–H groups in total. The first kappa shape index (κ1) is 9.96. The fourth-order valence-electron chi connectivity index (χ4n) is 1.31. The third-order valence-corrected chi connectivity index (χ3v) is 2.00. The van der Waals surface area contributed by atoms with Crippen LogP contribution in [0.2, 0.25) is 0 Å². The summed E-state index contributed by atoms with van der Waals surface area (Å²) in [7, 11) is 0. The largest absolute Gasteiger partial charge is 0.339 e. The van der Waals surface area contributed by atoms with Gasteiger partial charge in [0.1, 0.15) is 0 Å². The molecule has 0 aliphatic carbocycles. The summed E-state index contributed by atoms with van der Waals surface area (Å²) in [6, 6.07) is 2.37. The Morgan fingerprint density at radius 1 is 1.46 bits per heavy atom. The Morgan fingerprint density at radius 3 is 2.62 bits per heavy atom. The zero-order valence-electron chi connectivity index (χ0n) is 8.78. The number of rotatable bonds is 3. The molecule has 13 heavy (non-hydrogen) atoms. The molecule has 0 amide bonds. The third-order valence-electron chi connectivity index (χ3n) is 2.00. The summed E-state index contributed by atoms with van der Waals surface area (Å²) in [5.41, 5.74) is 1.02. The summed E-state index contributed by atoms with van der Waals surface area (Å²) in [4.78, 5) is 10.8. The van der Waals surface area contributed by atoms with Gasteiger partial charge in [0.2, 0.25) is 5.95 Å². The molecule has 0 spiro atoms. The van der Waals surface area contributed by atoms with Crippen LogP contribution < -0.4 is 4.90 Å². The monoisotopic (exact) mass is 179 g/mol. The summed E-state index contributed by atoms with van der Waals surface area (Å²) in [5.74, 6) is 0.831. The third kappa shape index (κ3) is 2.41. The predicted octanol–water partition coefficient (Wildman–Crippen LogP) is 2.02. The average molecular weight is 179 g/mol. The Morgan fingerprint density at radius 2 is 2.15 bits per heavy atom. The molecule has 1 rings (SSSR count). The Labute approximate surface area is 79.8 Å². The van der Waals surface area contributed by atoms with Crippen molar-refractivity contribution in [3.8, 4) is 0 Å². The summed E-state index contributed by atoms with van der Waals surface area (Å²) >= 11 is 0. The Hall–Kier alpha value is -1.12. The lowest BCUT2D eigenvalue weighted by Crippen LogP contribution is -2.32. The van der Waals surface area contributed by atoms with E-state index in [1.165, 1.54) is 0 Å². The lowest BCUT2D eigenvalue weighted by atomic mass is 10.3. The standard InChI is InChI=1S/C10H17N3/c1-5-13(8(2)3)10-11-7-6-9(4)12-10/h6-8H,5H2,1-4H3. The minimum atomic E-state index is 0.451. The highest BCUT2D eigenvalue weighted by Crippen LogP contribution is 2.09. The van der Waals surface area contributed by atoms with Gasteiger partial charge in [-0.05, 0) is 33.8 Å². The second-order valence-corrected chi connectivity index (χ2v) is 3.38. The van der Waals surface area contributed by atoms with E-state index < -0.39 is 0 Å². The van der Waals surface area contributed by atoms with E-state index in [-0.39, 0.29) is 0 Å². The first-order chi connectivity index (χ1) is 6.15. The van der Waals surface area contributed by atoms with Crippen LogP contribution in [-0.2, 0) is 0 Å². The lowest BCUT2D eigenvalue weighted by molar-refractivity contribution is 0.679. The van der Waals surface area contributed by atoms with Crippen LogP contribution in [0.25, 0.3) is 0 Å². The normalized spacial score (nSPS) is 10.5. The van der Waals surface area contributed by atoms with E-state index in [2.05, 4.69) is 35.6 Å². The topological polar surface area (TPSA) is 29.0 Å². The van der Waals surface area contributed by atoms with Crippen LogP contribution in [0.1, 0.15) is 26.5 Å². The Kier molecular flexibility index (Phi) is 3.23. The molecule has 1 aromatic rings. The number of aromatic nitrogens is 2. The zero-order chi connectivity index (χ0) is 9.84. The molecule has 0 saturated heterocycles. The Bertz CT molecular complexity index is 271. The van der Waals surface area contributed by atoms with Gasteiger partial charge in [0.05, 0.1) is 0 Å². The summed E-state index contributed by atoms with van der Waals surface area (Å²) in [6.45, 7) is 9.34. The van der Waals surface area contributed by atoms with E-state index in [0.29, 0.717) is 6.04 Å². The van der Waals surface area contributed by atoms with Crippen molar-refractivity contribution in [1.82, 2.24) is 9.97 Å². The van der Waals surface area contributed by atoms with Crippen LogP contribution in [0.15, 0.2) is 12.3 Å². The van der Waals surface area contributed by atoms with Crippen molar-refractivity contribution in [3.05, 3.63) is 18.0 Å². The first-order valence-electron chi connectivity index (χ1n) is 4.71. The average Bonchev–Trinajstić information content (AvgIpc) is 2.04. The van der Waals surface area contributed by atoms with Crippen molar-refractivity contribution in [2.45, 2.75) is 33.7 Å². The summed E-state index contributed by atoms with van der Waals surface area (Å²) in [6.07, 6.45) is 1.81. The van der Waals surface area contributed by atoms with E-state index in [1.807, 2.05) is 19.2 Å². The number of anilines is 1. The zero-order valence-corrected chi connectivity index (χ0v) is 8.78. The van der Waals surface area contributed by atoms with Crippen molar-refractivity contribution in [2.75, 3.05) is 11.4 Å². The van der Waals surface area contributed by atoms with Crippen molar-refractivity contribution in [3.63, 3.8) is 0 Å². The molecular formula is C10H17N3. The van der Waals surface area contributed by atoms with Crippen LogP contribution in [0.5, 0.6) is 0 Å². The highest BCUT2D eigenvalue weighted by Gasteiger charge is 2.10. The maximum atomic E-state index is 4.38. The number of nitrogens with zero attached hydrogens (tertiary/aromatic N) is 3. The summed E-state index contributed by atoms with van der Waals surface area (Å²) in [5, 5.41) is 0. The fraction of sp³-hybridized carbons (Fsp3) is 0.600. The van der Waals surface area contributed by atoms with Crippen molar-refractivity contribution < 1.29 is 0 Å². The van der Waals surface area contributed by atoms with Crippen LogP contribution in [-0.4, -0.2) is 22.6 Å². The highest BCUT2D eigenvalue weighted by molar-refractivity contribution is 5.30. The smallest absolute Gasteiger partial charge is 0.225 e. The molecule has 3 heteroatoms. The molecule has 0 atom stereocenters. The van der Waals surface area contributed by atoms with Crippen molar-refractivity contribution in [1.29, 1.82) is 0 Å². The molecule has 1 heterocycles. The maximum Gasteiger partial charge on any atom is 0.225 e. The van der Waals surface area contributed by atoms with E-state index >= 15 is 0 Å². The second-order valence-electron chi connectivity index (χ2n) is 3.38. The molecule has 0 saturated carbocycles. The van der Waals surface area contributed by atoms with E-state index in [0.717, 1.165) is 18.2 Å². The van der Waals surface area contributed by atoms with Gasteiger partial charge in [0.25, 0.3) is 0 Å². The minimum absolute atomic E-state index is 0.451. The number of aryl methyl sites for hydroxylation is 1. The van der Waals surface area contributed by atoms with Gasteiger partial charge >= 0.3 is 0 Å². The van der Waals surface area contributed by atoms with Gasteiger partial charge in [-0.25, -0.2) is 9.97 Å². The van der Waals surface area contributed by atoms with E-state index in [9.17, 15) is 0 Å². The fourth-order valence-corrected chi connectivity index (χ4v) is 1.31. The molecule has 0 aliphatic heterocycles. The molecule has 0 unspecified atom stereocenters. The lowest BCUT2D eigenvalue weighted by Gasteiger charge is -2.24. The SMILES string of the molecule is CCN(c1nccc(C)n1)C(C)C. The molecule has 1 aromatic heterocycles. The van der Waals surface area contributed by atoms with Crippen LogP contribution >= 0.6 is 0 Å². The van der Waals surface area contributed by atoms with E-state index in [4.69, 9.17) is 0 Å². The summed E-state index contributed by atoms with van der Waals surface area (Å²) < 4.78 is 0. The number of hydrogen-bond donors (Lipinski definition) is 0. The quantitative estimate of drug-likeness (QED) is 0.710. The van der Waals surface area contributed by atoms with Gasteiger partial charge in [-0.1, -0.05) is 0 Å². The minimum Gasteiger partial charge on any atom is -0.339 e. The van der Waals surface area contributed by atoms with Crippen LogP contribution in [0.3, 0.4) is 0 Å². The predicted molar refractivity (Wildman–Crippen MR) is 54.9 cm³/mol. The molecule has 0 aliphatic rings. The van der Waals surface area contributed by atoms with Gasteiger partial charge in [-0.15, -0.1) is 0 Å². The molecule has 0 fully saturated rings. The maximum absolute atomic E-state index is 4.38. The Balaban J connectivity index is 2.91. The van der Waals surface area contributed by atoms with Crippen LogP contribution in [0.4, 0.5) is 5.95 Å². The number of hydrogen-bond acceptors (Lipinski definition) is 3. The van der Waals surface area contributed by atoms with Gasteiger partial charge in [0, 0.05) is 24.5 Å². The van der Waals surface area contributed by atoms with Gasteiger partial charge < -0.3 is 4.90 Å². The highest BCUT2D eigenvalue weighted by atomic mass is 15.3. The van der Waals surface area contributed by atoms with Gasteiger partial charge in [0.15, 0.2) is 0 Å². The van der Waals surface area contributed by atoms with Crippen LogP contribution in [0, 0.1) is 6.92 Å². The molecule has 3 nitrogen and oxygen atoms in total.